The van der Waals surface area contributed by atoms with Crippen molar-refractivity contribution in [1.29, 1.82) is 0 Å². The molecular formula is C16H15N3O3S. The minimum atomic E-state index is -0.183. The Bertz CT molecular complexity index is 941. The molecular weight excluding hydrogens is 314 g/mol. The maximum atomic E-state index is 12.5. The van der Waals surface area contributed by atoms with Gasteiger partial charge in [-0.25, -0.2) is 4.98 Å². The first-order chi connectivity index (χ1) is 11.2. The van der Waals surface area contributed by atoms with Crippen LogP contribution in [-0.2, 0) is 4.74 Å². The molecule has 23 heavy (non-hydrogen) atoms. The number of aromatic nitrogens is 2. The number of thiophene rings is 1. The summed E-state index contributed by atoms with van der Waals surface area (Å²) in [5.41, 5.74) is 0.429. The van der Waals surface area contributed by atoms with Crippen molar-refractivity contribution in [1.82, 2.24) is 14.7 Å². The zero-order valence-electron chi connectivity index (χ0n) is 12.3. The molecule has 1 fully saturated rings. The van der Waals surface area contributed by atoms with Crippen LogP contribution in [0.2, 0.25) is 0 Å². The minimum Gasteiger partial charge on any atom is -0.376 e. The molecule has 1 aliphatic heterocycles. The van der Waals surface area contributed by atoms with Crippen molar-refractivity contribution in [2.45, 2.75) is 18.9 Å². The van der Waals surface area contributed by atoms with Gasteiger partial charge in [-0.2, -0.15) is 0 Å². The number of nitrogens with one attached hydrogen (secondary N) is 1. The molecule has 1 atom stereocenters. The van der Waals surface area contributed by atoms with Crippen LogP contribution in [0.25, 0.3) is 15.9 Å². The summed E-state index contributed by atoms with van der Waals surface area (Å²) in [7, 11) is 0. The number of fused-ring (bicyclic) bond motifs is 2. The average Bonchev–Trinajstić information content (AvgIpc) is 3.22. The Hall–Kier alpha value is -2.25. The zero-order valence-corrected chi connectivity index (χ0v) is 13.1. The molecule has 3 aromatic rings. The van der Waals surface area contributed by atoms with E-state index in [-0.39, 0.29) is 17.6 Å². The predicted molar refractivity (Wildman–Crippen MR) is 88.2 cm³/mol. The fourth-order valence-corrected chi connectivity index (χ4v) is 3.70. The fourth-order valence-electron chi connectivity index (χ4n) is 2.76. The molecule has 0 radical (unpaired) electrons. The third-order valence-electron chi connectivity index (χ3n) is 3.95. The summed E-state index contributed by atoms with van der Waals surface area (Å²) < 4.78 is 6.98. The summed E-state index contributed by atoms with van der Waals surface area (Å²) in [5.74, 6) is -0.183. The van der Waals surface area contributed by atoms with Crippen molar-refractivity contribution in [2.24, 2.45) is 0 Å². The summed E-state index contributed by atoms with van der Waals surface area (Å²) in [6.07, 6.45) is 3.79. The summed E-state index contributed by atoms with van der Waals surface area (Å²) in [4.78, 5) is 30.3. The van der Waals surface area contributed by atoms with Gasteiger partial charge in [0, 0.05) is 19.3 Å². The minimum absolute atomic E-state index is 0.0969. The van der Waals surface area contributed by atoms with Gasteiger partial charge in [0.25, 0.3) is 11.5 Å². The lowest BCUT2D eigenvalue weighted by atomic mass is 10.2. The highest BCUT2D eigenvalue weighted by atomic mass is 32.1. The van der Waals surface area contributed by atoms with E-state index < -0.39 is 0 Å². The maximum Gasteiger partial charge on any atom is 0.266 e. The molecule has 1 aliphatic rings. The number of rotatable bonds is 3. The number of amides is 1. The number of nitrogens with zero attached hydrogens (tertiary/aromatic N) is 2. The van der Waals surface area contributed by atoms with Gasteiger partial charge in [-0.3, -0.25) is 14.0 Å². The Kier molecular flexibility index (Phi) is 3.59. The second kappa shape index (κ2) is 5.75. The van der Waals surface area contributed by atoms with E-state index in [0.29, 0.717) is 27.3 Å². The van der Waals surface area contributed by atoms with Gasteiger partial charge >= 0.3 is 0 Å². The van der Waals surface area contributed by atoms with E-state index in [4.69, 9.17) is 4.74 Å². The molecule has 1 N–H and O–H groups in total. The lowest BCUT2D eigenvalue weighted by Crippen LogP contribution is -2.31. The summed E-state index contributed by atoms with van der Waals surface area (Å²) in [6.45, 7) is 1.26. The Balaban J connectivity index is 1.65. The van der Waals surface area contributed by atoms with E-state index in [1.165, 1.54) is 15.7 Å². The Morgan fingerprint density at radius 1 is 1.48 bits per heavy atom. The number of carbonyl (C=O) groups is 1. The molecule has 0 aliphatic carbocycles. The largest absolute Gasteiger partial charge is 0.376 e. The summed E-state index contributed by atoms with van der Waals surface area (Å²) >= 11 is 1.24. The Morgan fingerprint density at radius 3 is 3.22 bits per heavy atom. The van der Waals surface area contributed by atoms with Crippen molar-refractivity contribution in [3.8, 4) is 0 Å². The van der Waals surface area contributed by atoms with Gasteiger partial charge in [-0.1, -0.05) is 6.07 Å². The maximum absolute atomic E-state index is 12.5. The highest BCUT2D eigenvalue weighted by molar-refractivity contribution is 7.20. The lowest BCUT2D eigenvalue weighted by molar-refractivity contribution is 0.0861. The van der Waals surface area contributed by atoms with Crippen molar-refractivity contribution < 1.29 is 9.53 Å². The van der Waals surface area contributed by atoms with Gasteiger partial charge in [0.1, 0.15) is 10.5 Å². The summed E-state index contributed by atoms with van der Waals surface area (Å²) in [5, 5.41) is 3.35. The molecule has 0 aromatic carbocycles. The van der Waals surface area contributed by atoms with E-state index >= 15 is 0 Å². The first-order valence-corrected chi connectivity index (χ1v) is 8.35. The topological polar surface area (TPSA) is 72.7 Å². The van der Waals surface area contributed by atoms with Crippen molar-refractivity contribution >= 4 is 33.1 Å². The standard InChI is InChI=1S/C16H15N3O3S/c20-14(17-9-10-4-3-7-22-10)12-8-11-15(23-12)18-13-5-1-2-6-19(13)16(11)21/h1-2,5-6,8,10H,3-4,7,9H2,(H,17,20)/t10-/m1/s1. The van der Waals surface area contributed by atoms with Crippen LogP contribution in [0.15, 0.2) is 35.3 Å². The number of hydrogen-bond acceptors (Lipinski definition) is 5. The molecule has 1 amide bonds. The monoisotopic (exact) mass is 329 g/mol. The molecule has 3 aromatic heterocycles. The van der Waals surface area contributed by atoms with E-state index in [9.17, 15) is 9.59 Å². The van der Waals surface area contributed by atoms with Gasteiger partial charge in [-0.05, 0) is 31.0 Å². The first-order valence-electron chi connectivity index (χ1n) is 7.53. The smallest absolute Gasteiger partial charge is 0.266 e. The van der Waals surface area contributed by atoms with Crippen LogP contribution in [0.3, 0.4) is 0 Å². The Labute approximate surface area is 135 Å². The predicted octanol–water partition coefficient (Wildman–Crippen LogP) is 1.82. The van der Waals surface area contributed by atoms with E-state index in [1.54, 1.807) is 24.4 Å². The molecule has 1 saturated heterocycles. The molecule has 0 spiro atoms. The molecule has 0 saturated carbocycles. The molecule has 0 bridgehead atoms. The number of carbonyl (C=O) groups excluding carboxylic acids is 1. The van der Waals surface area contributed by atoms with E-state index in [2.05, 4.69) is 10.3 Å². The van der Waals surface area contributed by atoms with Gasteiger partial charge < -0.3 is 10.1 Å². The average molecular weight is 329 g/mol. The number of hydrogen-bond donors (Lipinski definition) is 1. The van der Waals surface area contributed by atoms with Crippen LogP contribution in [0.4, 0.5) is 0 Å². The van der Waals surface area contributed by atoms with Crippen LogP contribution in [0, 0.1) is 0 Å². The van der Waals surface area contributed by atoms with Crippen LogP contribution in [0.1, 0.15) is 22.5 Å². The number of ether oxygens (including phenoxy) is 1. The van der Waals surface area contributed by atoms with Crippen molar-refractivity contribution in [3.05, 3.63) is 45.7 Å². The van der Waals surface area contributed by atoms with Gasteiger partial charge in [0.2, 0.25) is 0 Å². The normalized spacial score (nSPS) is 17.8. The van der Waals surface area contributed by atoms with Gasteiger partial charge in [0.05, 0.1) is 16.4 Å². The quantitative estimate of drug-likeness (QED) is 0.795. The van der Waals surface area contributed by atoms with Crippen LogP contribution in [0.5, 0.6) is 0 Å². The van der Waals surface area contributed by atoms with Crippen LogP contribution in [-0.4, -0.2) is 34.5 Å². The SMILES string of the molecule is O=C(NC[C@H]1CCCO1)c1cc2c(=O)n3ccccc3nc2s1. The molecule has 0 unspecified atom stereocenters. The van der Waals surface area contributed by atoms with Crippen LogP contribution < -0.4 is 10.9 Å². The second-order valence-corrected chi connectivity index (χ2v) is 6.55. The summed E-state index contributed by atoms with van der Waals surface area (Å²) in [6, 6.07) is 7.01. The second-order valence-electron chi connectivity index (χ2n) is 5.52. The third kappa shape index (κ3) is 2.62. The van der Waals surface area contributed by atoms with E-state index in [0.717, 1.165) is 19.4 Å². The third-order valence-corrected chi connectivity index (χ3v) is 4.98. The first kappa shape index (κ1) is 14.3. The lowest BCUT2D eigenvalue weighted by Gasteiger charge is -2.09. The molecule has 7 heteroatoms. The van der Waals surface area contributed by atoms with Gasteiger partial charge in [0.15, 0.2) is 0 Å². The van der Waals surface area contributed by atoms with E-state index in [1.807, 2.05) is 6.07 Å². The highest BCUT2D eigenvalue weighted by Gasteiger charge is 2.18. The number of pyridine rings is 1. The highest BCUT2D eigenvalue weighted by Crippen LogP contribution is 2.22. The molecule has 4 rings (SSSR count). The zero-order chi connectivity index (χ0) is 15.8. The molecule has 6 nitrogen and oxygen atoms in total. The van der Waals surface area contributed by atoms with Gasteiger partial charge in [-0.15, -0.1) is 11.3 Å². The van der Waals surface area contributed by atoms with Crippen LogP contribution >= 0.6 is 11.3 Å². The van der Waals surface area contributed by atoms with Crippen molar-refractivity contribution in [3.63, 3.8) is 0 Å². The molecule has 118 valence electrons. The molecule has 4 heterocycles. The fraction of sp³-hybridized carbons (Fsp3) is 0.312. The Morgan fingerprint density at radius 2 is 2.39 bits per heavy atom. The van der Waals surface area contributed by atoms with Crippen molar-refractivity contribution in [2.75, 3.05) is 13.2 Å².